The van der Waals surface area contributed by atoms with Crippen molar-refractivity contribution in [3.05, 3.63) is 0 Å². The molecule has 0 saturated heterocycles. The number of carbonyl (C=O) groups is 4. The lowest BCUT2D eigenvalue weighted by atomic mass is 9.99. The molecule has 0 amide bonds. The van der Waals surface area contributed by atoms with Crippen molar-refractivity contribution in [1.29, 1.82) is 0 Å². The number of ether oxygens (including phenoxy) is 4. The molecule has 0 aromatic carbocycles. The fourth-order valence-corrected chi connectivity index (χ4v) is 12.2. The van der Waals surface area contributed by atoms with Crippen molar-refractivity contribution in [1.82, 2.24) is 0 Å². The van der Waals surface area contributed by atoms with Crippen LogP contribution in [0.2, 0.25) is 0 Å². The van der Waals surface area contributed by atoms with Gasteiger partial charge in [-0.2, -0.15) is 0 Å². The van der Waals surface area contributed by atoms with Gasteiger partial charge in [-0.3, -0.25) is 37.3 Å². The van der Waals surface area contributed by atoms with Crippen molar-refractivity contribution in [3.8, 4) is 0 Å². The molecule has 0 aliphatic rings. The Morgan fingerprint density at radius 3 is 0.798 bits per heavy atom. The van der Waals surface area contributed by atoms with Gasteiger partial charge in [0.05, 0.1) is 26.4 Å². The van der Waals surface area contributed by atoms with Gasteiger partial charge in [-0.05, 0) is 31.6 Å². The van der Waals surface area contributed by atoms with E-state index in [1.807, 2.05) is 0 Å². The summed E-state index contributed by atoms with van der Waals surface area (Å²) < 4.78 is 68.3. The van der Waals surface area contributed by atoms with Gasteiger partial charge in [0.2, 0.25) is 0 Å². The van der Waals surface area contributed by atoms with Gasteiger partial charge in [0.1, 0.15) is 19.3 Å². The van der Waals surface area contributed by atoms with Crippen LogP contribution in [-0.2, 0) is 65.4 Å². The lowest BCUT2D eigenvalue weighted by molar-refractivity contribution is -0.161. The summed E-state index contributed by atoms with van der Waals surface area (Å²) in [6, 6.07) is 0. The Labute approximate surface area is 543 Å². The zero-order chi connectivity index (χ0) is 65.6. The molecular formula is C70H136O17P2. The van der Waals surface area contributed by atoms with E-state index < -0.39 is 97.5 Å². The standard InChI is InChI=1S/C70H136O17P2/c1-6-10-13-16-19-22-25-26-29-34-39-44-49-54-68(73)81-60-66(87-70(75)56-51-46-41-36-31-30-32-37-42-47-52-63(5)9-4)62-85-89(78,79)83-58-64(71)57-82-88(76,77)84-61-65(86-69(74)55-50-45-40-35-28-24-21-18-15-12-8-3)59-80-67(72)53-48-43-38-33-27-23-20-17-14-11-7-2/h63-66,71H,6-62H2,1-5H3,(H,76,77)(H,78,79)/t63?,64-,65+,66+/m0/s1. The monoisotopic (exact) mass is 1310 g/mol. The SMILES string of the molecule is CCCCCCCCCCCCCCCC(=O)OC[C@H](COP(=O)(O)OC[C@@H](O)COP(=O)(O)OC[C@@H](COC(=O)CCCCCCCCCCCCC)OC(=O)CCCCCCCCCCCCC)OC(=O)CCCCCCCCCCCCC(C)CC. The van der Waals surface area contributed by atoms with Crippen molar-refractivity contribution in [3.63, 3.8) is 0 Å². The minimum atomic E-state index is -4.95. The molecule has 19 heteroatoms. The highest BCUT2D eigenvalue weighted by Gasteiger charge is 2.30. The largest absolute Gasteiger partial charge is 0.472 e. The second-order valence-electron chi connectivity index (χ2n) is 25.5. The van der Waals surface area contributed by atoms with Gasteiger partial charge >= 0.3 is 39.5 Å². The molecule has 0 aromatic heterocycles. The number of phosphoric ester groups is 2. The van der Waals surface area contributed by atoms with Crippen LogP contribution in [0.4, 0.5) is 0 Å². The average Bonchev–Trinajstić information content (AvgIpc) is 3.68. The molecular weight excluding hydrogens is 1170 g/mol. The van der Waals surface area contributed by atoms with E-state index in [4.69, 9.17) is 37.0 Å². The Balaban J connectivity index is 5.25. The van der Waals surface area contributed by atoms with E-state index in [-0.39, 0.29) is 25.7 Å². The van der Waals surface area contributed by atoms with Crippen LogP contribution in [0.1, 0.15) is 362 Å². The first-order valence-electron chi connectivity index (χ1n) is 36.7. The number of esters is 4. The molecule has 0 aliphatic heterocycles. The quantitative estimate of drug-likeness (QED) is 0.0222. The highest BCUT2D eigenvalue weighted by Crippen LogP contribution is 2.45. The summed E-state index contributed by atoms with van der Waals surface area (Å²) in [6.45, 7) is 7.27. The number of hydrogen-bond donors (Lipinski definition) is 3. The maximum absolute atomic E-state index is 13.0. The number of aliphatic hydroxyl groups is 1. The van der Waals surface area contributed by atoms with Crippen LogP contribution in [0.3, 0.4) is 0 Å². The molecule has 0 aromatic rings. The highest BCUT2D eigenvalue weighted by molar-refractivity contribution is 7.47. The summed E-state index contributed by atoms with van der Waals surface area (Å²) in [4.78, 5) is 72.5. The van der Waals surface area contributed by atoms with Gasteiger partial charge in [0, 0.05) is 25.7 Å². The Morgan fingerprint density at radius 2 is 0.539 bits per heavy atom. The first kappa shape index (κ1) is 87.1. The van der Waals surface area contributed by atoms with E-state index in [0.717, 1.165) is 95.8 Å². The van der Waals surface area contributed by atoms with Gasteiger partial charge < -0.3 is 33.8 Å². The van der Waals surface area contributed by atoms with Crippen molar-refractivity contribution in [2.45, 2.75) is 380 Å². The Hall–Kier alpha value is -1.94. The molecule has 3 N–H and O–H groups in total. The summed E-state index contributed by atoms with van der Waals surface area (Å²) in [5.74, 6) is -1.32. The van der Waals surface area contributed by atoms with Crippen LogP contribution < -0.4 is 0 Å². The number of carbonyl (C=O) groups excluding carboxylic acids is 4. The minimum absolute atomic E-state index is 0.107. The molecule has 0 rings (SSSR count). The van der Waals surface area contributed by atoms with Crippen molar-refractivity contribution in [2.24, 2.45) is 5.92 Å². The minimum Gasteiger partial charge on any atom is -0.462 e. The third-order valence-electron chi connectivity index (χ3n) is 16.6. The van der Waals surface area contributed by atoms with E-state index in [2.05, 4.69) is 34.6 Å². The fraction of sp³-hybridized carbons (Fsp3) is 0.943. The van der Waals surface area contributed by atoms with Crippen LogP contribution in [0.5, 0.6) is 0 Å². The summed E-state index contributed by atoms with van der Waals surface area (Å²) in [7, 11) is -9.90. The molecule has 3 unspecified atom stereocenters. The second-order valence-corrected chi connectivity index (χ2v) is 28.4. The first-order chi connectivity index (χ1) is 43.1. The molecule has 0 saturated carbocycles. The molecule has 17 nitrogen and oxygen atoms in total. The lowest BCUT2D eigenvalue weighted by Gasteiger charge is -2.21. The van der Waals surface area contributed by atoms with Crippen LogP contribution in [0.25, 0.3) is 0 Å². The predicted octanol–water partition coefficient (Wildman–Crippen LogP) is 20.1. The van der Waals surface area contributed by atoms with Crippen molar-refractivity contribution < 1.29 is 80.2 Å². The molecule has 0 heterocycles. The van der Waals surface area contributed by atoms with Crippen molar-refractivity contribution >= 4 is 39.5 Å². The Kier molecular flexibility index (Phi) is 62.1. The Morgan fingerprint density at radius 1 is 0.315 bits per heavy atom. The smallest absolute Gasteiger partial charge is 0.462 e. The van der Waals surface area contributed by atoms with E-state index in [1.54, 1.807) is 0 Å². The normalized spacial score (nSPS) is 14.4. The summed E-state index contributed by atoms with van der Waals surface area (Å²) >= 11 is 0. The average molecular weight is 1310 g/mol. The Bertz CT molecular complexity index is 1720. The first-order valence-corrected chi connectivity index (χ1v) is 39.7. The summed E-state index contributed by atoms with van der Waals surface area (Å²) in [5.41, 5.74) is 0. The molecule has 0 spiro atoms. The van der Waals surface area contributed by atoms with Gasteiger partial charge in [-0.1, -0.05) is 311 Å². The van der Waals surface area contributed by atoms with E-state index in [1.165, 1.54) is 186 Å². The van der Waals surface area contributed by atoms with E-state index in [0.29, 0.717) is 25.7 Å². The molecule has 6 atom stereocenters. The number of hydrogen-bond acceptors (Lipinski definition) is 15. The second kappa shape index (κ2) is 63.5. The highest BCUT2D eigenvalue weighted by atomic mass is 31.2. The lowest BCUT2D eigenvalue weighted by Crippen LogP contribution is -2.30. The molecule has 0 bridgehead atoms. The molecule has 0 aliphatic carbocycles. The van der Waals surface area contributed by atoms with Crippen LogP contribution in [0, 0.1) is 5.92 Å². The molecule has 0 radical (unpaired) electrons. The number of unbranched alkanes of at least 4 members (excludes halogenated alkanes) is 41. The molecule has 0 fully saturated rings. The van der Waals surface area contributed by atoms with E-state index in [9.17, 15) is 43.2 Å². The molecule has 89 heavy (non-hydrogen) atoms. The van der Waals surface area contributed by atoms with E-state index >= 15 is 0 Å². The zero-order valence-corrected chi connectivity index (χ0v) is 59.4. The van der Waals surface area contributed by atoms with Crippen molar-refractivity contribution in [2.75, 3.05) is 39.6 Å². The fourth-order valence-electron chi connectivity index (χ4n) is 10.6. The van der Waals surface area contributed by atoms with Gasteiger partial charge in [0.25, 0.3) is 0 Å². The predicted molar refractivity (Wildman–Crippen MR) is 358 cm³/mol. The maximum Gasteiger partial charge on any atom is 0.472 e. The van der Waals surface area contributed by atoms with Crippen LogP contribution in [-0.4, -0.2) is 96.7 Å². The third kappa shape index (κ3) is 63.2. The maximum atomic E-state index is 13.0. The molecule has 528 valence electrons. The number of aliphatic hydroxyl groups excluding tert-OH is 1. The van der Waals surface area contributed by atoms with Gasteiger partial charge in [-0.25, -0.2) is 9.13 Å². The number of rotatable bonds is 70. The summed E-state index contributed by atoms with van der Waals surface area (Å²) in [6.07, 6.45) is 49.6. The van der Waals surface area contributed by atoms with Crippen LogP contribution >= 0.6 is 15.6 Å². The summed E-state index contributed by atoms with van der Waals surface area (Å²) in [5, 5.41) is 10.6. The topological polar surface area (TPSA) is 237 Å². The van der Waals surface area contributed by atoms with Crippen LogP contribution in [0.15, 0.2) is 0 Å². The number of phosphoric acid groups is 2. The third-order valence-corrected chi connectivity index (χ3v) is 18.5. The van der Waals surface area contributed by atoms with Gasteiger partial charge in [-0.15, -0.1) is 0 Å². The zero-order valence-electron chi connectivity index (χ0n) is 57.6. The van der Waals surface area contributed by atoms with Gasteiger partial charge in [0.15, 0.2) is 12.2 Å².